The Morgan fingerprint density at radius 1 is 1.50 bits per heavy atom. The Labute approximate surface area is 96.6 Å². The molecule has 0 aromatic rings. The predicted molar refractivity (Wildman–Crippen MR) is 60.3 cm³/mol. The minimum atomic E-state index is -0.120. The number of aliphatic hydroxyl groups is 1. The molecule has 0 bridgehead atoms. The van der Waals surface area contributed by atoms with Gasteiger partial charge in [-0.15, -0.1) is 0 Å². The number of ether oxygens (including phenoxy) is 1. The van der Waals surface area contributed by atoms with Crippen LogP contribution in [-0.4, -0.2) is 53.7 Å². The number of hydrogen-bond acceptors (Lipinski definition) is 4. The molecule has 0 spiro atoms. The molecular formula is C12H21NO3. The monoisotopic (exact) mass is 227 g/mol. The average Bonchev–Trinajstić information content (AvgIpc) is 2.31. The molecule has 1 heterocycles. The van der Waals surface area contributed by atoms with Crippen LogP contribution in [0.4, 0.5) is 0 Å². The maximum atomic E-state index is 11.9. The summed E-state index contributed by atoms with van der Waals surface area (Å²) in [5.74, 6) is 0.372. The Hall–Kier alpha value is -0.450. The quantitative estimate of drug-likeness (QED) is 0.749. The van der Waals surface area contributed by atoms with Crippen molar-refractivity contribution in [3.63, 3.8) is 0 Å². The van der Waals surface area contributed by atoms with Gasteiger partial charge in [0.15, 0.2) is 0 Å². The number of rotatable bonds is 2. The van der Waals surface area contributed by atoms with Gasteiger partial charge in [-0.1, -0.05) is 6.42 Å². The van der Waals surface area contributed by atoms with Gasteiger partial charge in [-0.3, -0.25) is 9.69 Å². The SMILES string of the molecule is CC1COC(CO)CN1C1CCCCC1=O. The lowest BCUT2D eigenvalue weighted by Crippen LogP contribution is -2.56. The molecule has 3 unspecified atom stereocenters. The summed E-state index contributed by atoms with van der Waals surface area (Å²) >= 11 is 0. The topological polar surface area (TPSA) is 49.8 Å². The molecule has 2 fully saturated rings. The van der Waals surface area contributed by atoms with Crippen LogP contribution in [0.2, 0.25) is 0 Å². The van der Waals surface area contributed by atoms with Crippen molar-refractivity contribution in [2.45, 2.75) is 50.8 Å². The van der Waals surface area contributed by atoms with Crippen molar-refractivity contribution in [3.05, 3.63) is 0 Å². The Morgan fingerprint density at radius 2 is 2.31 bits per heavy atom. The molecule has 1 saturated heterocycles. The van der Waals surface area contributed by atoms with Crippen molar-refractivity contribution in [1.82, 2.24) is 4.90 Å². The Bertz CT molecular complexity index is 257. The highest BCUT2D eigenvalue weighted by Gasteiger charge is 2.35. The summed E-state index contributed by atoms with van der Waals surface area (Å²) in [6.45, 7) is 3.45. The third-order valence-corrected chi connectivity index (χ3v) is 3.68. The van der Waals surface area contributed by atoms with Gasteiger partial charge in [0.2, 0.25) is 0 Å². The molecule has 3 atom stereocenters. The molecule has 0 aromatic carbocycles. The zero-order chi connectivity index (χ0) is 11.5. The van der Waals surface area contributed by atoms with Gasteiger partial charge in [-0.25, -0.2) is 0 Å². The number of morpholine rings is 1. The van der Waals surface area contributed by atoms with E-state index in [-0.39, 0.29) is 24.8 Å². The van der Waals surface area contributed by atoms with Crippen LogP contribution in [0.3, 0.4) is 0 Å². The van der Waals surface area contributed by atoms with E-state index in [1.165, 1.54) is 0 Å². The number of aliphatic hydroxyl groups excluding tert-OH is 1. The first-order valence-corrected chi connectivity index (χ1v) is 6.23. The normalized spacial score (nSPS) is 37.6. The molecule has 1 N–H and O–H groups in total. The fraction of sp³-hybridized carbons (Fsp3) is 0.917. The largest absolute Gasteiger partial charge is 0.394 e. The summed E-state index contributed by atoms with van der Waals surface area (Å²) in [5.41, 5.74) is 0. The number of carbonyl (C=O) groups is 1. The highest BCUT2D eigenvalue weighted by atomic mass is 16.5. The summed E-state index contributed by atoms with van der Waals surface area (Å²) in [6.07, 6.45) is 3.76. The van der Waals surface area contributed by atoms with Gasteiger partial charge in [0.25, 0.3) is 0 Å². The first-order valence-electron chi connectivity index (χ1n) is 6.23. The van der Waals surface area contributed by atoms with E-state index in [1.807, 2.05) is 0 Å². The van der Waals surface area contributed by atoms with E-state index in [0.29, 0.717) is 18.9 Å². The van der Waals surface area contributed by atoms with Crippen LogP contribution >= 0.6 is 0 Å². The van der Waals surface area contributed by atoms with Crippen molar-refractivity contribution in [2.75, 3.05) is 19.8 Å². The lowest BCUT2D eigenvalue weighted by atomic mass is 9.91. The van der Waals surface area contributed by atoms with Crippen molar-refractivity contribution in [3.8, 4) is 0 Å². The summed E-state index contributed by atoms with van der Waals surface area (Å²) < 4.78 is 5.49. The maximum absolute atomic E-state index is 11.9. The molecule has 0 amide bonds. The standard InChI is InChI=1S/C12H21NO3/c1-9-8-16-10(7-14)6-13(9)11-4-2-3-5-12(11)15/h9-11,14H,2-8H2,1H3. The molecule has 92 valence electrons. The Balaban J connectivity index is 2.02. The lowest BCUT2D eigenvalue weighted by molar-refractivity contribution is -0.136. The van der Waals surface area contributed by atoms with Crippen LogP contribution in [0, 0.1) is 0 Å². The van der Waals surface area contributed by atoms with Crippen molar-refractivity contribution >= 4 is 5.78 Å². The average molecular weight is 227 g/mol. The first kappa shape index (κ1) is 12.0. The van der Waals surface area contributed by atoms with Gasteiger partial charge in [0, 0.05) is 19.0 Å². The van der Waals surface area contributed by atoms with E-state index in [0.717, 1.165) is 25.7 Å². The van der Waals surface area contributed by atoms with Gasteiger partial charge in [0.1, 0.15) is 5.78 Å². The molecule has 1 aliphatic heterocycles. The number of carbonyl (C=O) groups excluding carboxylic acids is 1. The first-order chi connectivity index (χ1) is 7.72. The smallest absolute Gasteiger partial charge is 0.149 e. The van der Waals surface area contributed by atoms with Crippen molar-refractivity contribution < 1.29 is 14.6 Å². The van der Waals surface area contributed by atoms with Crippen LogP contribution in [-0.2, 0) is 9.53 Å². The van der Waals surface area contributed by atoms with Crippen molar-refractivity contribution in [1.29, 1.82) is 0 Å². The highest BCUT2D eigenvalue weighted by Crippen LogP contribution is 2.24. The van der Waals surface area contributed by atoms with Gasteiger partial charge in [0.05, 0.1) is 25.4 Å². The van der Waals surface area contributed by atoms with Crippen LogP contribution in [0.15, 0.2) is 0 Å². The molecular weight excluding hydrogens is 206 g/mol. The summed E-state index contributed by atoms with van der Waals surface area (Å²) in [4.78, 5) is 14.1. The van der Waals surface area contributed by atoms with Crippen LogP contribution in [0.5, 0.6) is 0 Å². The molecule has 1 aliphatic carbocycles. The van der Waals surface area contributed by atoms with E-state index in [1.54, 1.807) is 0 Å². The van der Waals surface area contributed by atoms with E-state index >= 15 is 0 Å². The molecule has 4 heteroatoms. The molecule has 1 saturated carbocycles. The Morgan fingerprint density at radius 3 is 3.00 bits per heavy atom. The summed E-state index contributed by atoms with van der Waals surface area (Å²) in [6, 6.07) is 0.358. The minimum Gasteiger partial charge on any atom is -0.394 e. The second-order valence-corrected chi connectivity index (χ2v) is 4.91. The number of nitrogens with zero attached hydrogens (tertiary/aromatic N) is 1. The van der Waals surface area contributed by atoms with Crippen molar-refractivity contribution in [2.24, 2.45) is 0 Å². The second-order valence-electron chi connectivity index (χ2n) is 4.91. The zero-order valence-electron chi connectivity index (χ0n) is 9.89. The second kappa shape index (κ2) is 5.25. The maximum Gasteiger partial charge on any atom is 0.149 e. The third-order valence-electron chi connectivity index (χ3n) is 3.68. The minimum absolute atomic E-state index is 0.0458. The molecule has 0 radical (unpaired) electrons. The Kier molecular flexibility index (Phi) is 3.95. The third kappa shape index (κ3) is 2.44. The summed E-state index contributed by atoms with van der Waals surface area (Å²) in [7, 11) is 0. The zero-order valence-corrected chi connectivity index (χ0v) is 9.89. The molecule has 2 rings (SSSR count). The van der Waals surface area contributed by atoms with Gasteiger partial charge in [-0.2, -0.15) is 0 Å². The summed E-state index contributed by atoms with van der Waals surface area (Å²) in [5, 5.41) is 9.12. The van der Waals surface area contributed by atoms with Crippen LogP contribution in [0.25, 0.3) is 0 Å². The lowest BCUT2D eigenvalue weighted by Gasteiger charge is -2.42. The number of Topliss-reactive ketones (excluding diaryl/α,β-unsaturated/α-hetero) is 1. The number of ketones is 1. The van der Waals surface area contributed by atoms with E-state index < -0.39 is 0 Å². The highest BCUT2D eigenvalue weighted by molar-refractivity contribution is 5.84. The molecule has 16 heavy (non-hydrogen) atoms. The molecule has 0 aromatic heterocycles. The van der Waals surface area contributed by atoms with E-state index in [9.17, 15) is 4.79 Å². The predicted octanol–water partition coefficient (Wildman–Crippen LogP) is 0.580. The van der Waals surface area contributed by atoms with E-state index in [4.69, 9.17) is 9.84 Å². The van der Waals surface area contributed by atoms with E-state index in [2.05, 4.69) is 11.8 Å². The van der Waals surface area contributed by atoms with Gasteiger partial charge >= 0.3 is 0 Å². The fourth-order valence-corrected chi connectivity index (χ4v) is 2.70. The molecule has 2 aliphatic rings. The van der Waals surface area contributed by atoms with Crippen LogP contribution < -0.4 is 0 Å². The molecule has 4 nitrogen and oxygen atoms in total. The van der Waals surface area contributed by atoms with Gasteiger partial charge in [-0.05, 0) is 19.8 Å². The van der Waals surface area contributed by atoms with Gasteiger partial charge < -0.3 is 9.84 Å². The van der Waals surface area contributed by atoms with Crippen LogP contribution in [0.1, 0.15) is 32.6 Å². The fourth-order valence-electron chi connectivity index (χ4n) is 2.70. The number of hydrogen-bond donors (Lipinski definition) is 1.